The Morgan fingerprint density at radius 2 is 1.70 bits per heavy atom. The largest absolute Gasteiger partial charge is 0.369 e. The third kappa shape index (κ3) is 0.878. The summed E-state index contributed by atoms with van der Waals surface area (Å²) >= 11 is 0. The maximum absolute atomic E-state index is 5.93. The first-order valence-electron chi connectivity index (χ1n) is 4.19. The highest BCUT2D eigenvalue weighted by molar-refractivity contribution is 5.10. The maximum atomic E-state index is 5.93. The fourth-order valence-electron chi connectivity index (χ4n) is 2.17. The first-order chi connectivity index (χ1) is 4.49. The summed E-state index contributed by atoms with van der Waals surface area (Å²) in [4.78, 5) is 0. The van der Waals surface area contributed by atoms with Gasteiger partial charge in [-0.05, 0) is 46.0 Å². The Kier molecular flexibility index (Phi) is 1.05. The second kappa shape index (κ2) is 1.58. The molecule has 0 N–H and O–H groups in total. The van der Waals surface area contributed by atoms with Crippen molar-refractivity contribution >= 4 is 0 Å². The minimum absolute atomic E-state index is 0.0748. The molecule has 3 aliphatic carbocycles. The highest BCUT2D eigenvalue weighted by atomic mass is 16.5. The molecule has 3 aliphatic rings. The lowest BCUT2D eigenvalue weighted by Crippen LogP contribution is -2.62. The van der Waals surface area contributed by atoms with E-state index in [2.05, 4.69) is 20.8 Å². The number of hydrogen-bond acceptors (Lipinski definition) is 1. The summed E-state index contributed by atoms with van der Waals surface area (Å²) in [5.41, 5.74) is 0.425. The minimum atomic E-state index is 0.0748. The van der Waals surface area contributed by atoms with Crippen LogP contribution in [0.2, 0.25) is 0 Å². The van der Waals surface area contributed by atoms with Gasteiger partial charge < -0.3 is 4.74 Å². The van der Waals surface area contributed by atoms with Crippen LogP contribution in [0.4, 0.5) is 0 Å². The molecule has 2 bridgehead atoms. The first-order valence-corrected chi connectivity index (χ1v) is 4.19. The molecular formula is C9H16O. The Hall–Kier alpha value is -0.0400. The van der Waals surface area contributed by atoms with Crippen LogP contribution in [0.25, 0.3) is 0 Å². The summed E-state index contributed by atoms with van der Waals surface area (Å²) in [6, 6.07) is 0. The van der Waals surface area contributed by atoms with Gasteiger partial charge in [-0.3, -0.25) is 0 Å². The van der Waals surface area contributed by atoms with Gasteiger partial charge in [-0.2, -0.15) is 0 Å². The second-order valence-electron chi connectivity index (χ2n) is 4.88. The van der Waals surface area contributed by atoms with Crippen molar-refractivity contribution < 1.29 is 4.74 Å². The molecule has 0 heterocycles. The van der Waals surface area contributed by atoms with Crippen molar-refractivity contribution in [2.45, 2.75) is 51.2 Å². The van der Waals surface area contributed by atoms with Gasteiger partial charge in [-0.1, -0.05) is 0 Å². The molecule has 0 amide bonds. The molecule has 0 unspecified atom stereocenters. The molecule has 0 saturated heterocycles. The lowest BCUT2D eigenvalue weighted by Gasteiger charge is -2.62. The fourth-order valence-corrected chi connectivity index (χ4v) is 2.17. The average Bonchev–Trinajstić information content (AvgIpc) is 1.48. The number of ether oxygens (including phenoxy) is 1. The first kappa shape index (κ1) is 6.66. The quantitative estimate of drug-likeness (QED) is 0.543. The average molecular weight is 140 g/mol. The van der Waals surface area contributed by atoms with E-state index in [9.17, 15) is 0 Å². The van der Waals surface area contributed by atoms with Crippen molar-refractivity contribution in [3.05, 3.63) is 0 Å². The summed E-state index contributed by atoms with van der Waals surface area (Å²) in [5.74, 6) is 1.03. The predicted molar refractivity (Wildman–Crippen MR) is 40.9 cm³/mol. The fraction of sp³-hybridized carbons (Fsp3) is 1.00. The van der Waals surface area contributed by atoms with E-state index in [1.165, 1.54) is 19.3 Å². The van der Waals surface area contributed by atoms with Gasteiger partial charge in [0, 0.05) is 0 Å². The van der Waals surface area contributed by atoms with Crippen molar-refractivity contribution in [3.63, 3.8) is 0 Å². The van der Waals surface area contributed by atoms with E-state index in [0.717, 1.165) is 5.92 Å². The van der Waals surface area contributed by atoms with Crippen LogP contribution in [0.5, 0.6) is 0 Å². The van der Waals surface area contributed by atoms with E-state index in [4.69, 9.17) is 4.74 Å². The molecule has 0 spiro atoms. The molecular weight excluding hydrogens is 124 g/mol. The van der Waals surface area contributed by atoms with Gasteiger partial charge in [0.15, 0.2) is 0 Å². The molecule has 1 nitrogen and oxygen atoms in total. The van der Waals surface area contributed by atoms with Crippen molar-refractivity contribution in [1.29, 1.82) is 0 Å². The third-order valence-corrected chi connectivity index (χ3v) is 2.50. The normalized spacial score (nSPS) is 44.1. The summed E-state index contributed by atoms with van der Waals surface area (Å²) in [6.07, 6.45) is 4.01. The zero-order valence-electron chi connectivity index (χ0n) is 7.11. The van der Waals surface area contributed by atoms with Gasteiger partial charge in [0.2, 0.25) is 0 Å². The van der Waals surface area contributed by atoms with Crippen LogP contribution in [0, 0.1) is 5.92 Å². The van der Waals surface area contributed by atoms with E-state index in [1.807, 2.05) is 0 Å². The highest BCUT2D eigenvalue weighted by Gasteiger charge is 2.59. The van der Waals surface area contributed by atoms with E-state index >= 15 is 0 Å². The topological polar surface area (TPSA) is 9.23 Å². The summed E-state index contributed by atoms with van der Waals surface area (Å²) in [5, 5.41) is 0. The van der Waals surface area contributed by atoms with Gasteiger partial charge in [0.05, 0.1) is 11.2 Å². The van der Waals surface area contributed by atoms with Crippen molar-refractivity contribution in [2.24, 2.45) is 5.92 Å². The van der Waals surface area contributed by atoms with E-state index in [0.29, 0.717) is 5.60 Å². The van der Waals surface area contributed by atoms with Crippen LogP contribution in [-0.2, 0) is 4.74 Å². The number of hydrogen-bond donors (Lipinski definition) is 0. The van der Waals surface area contributed by atoms with Gasteiger partial charge in [-0.15, -0.1) is 0 Å². The molecule has 0 aromatic carbocycles. The van der Waals surface area contributed by atoms with Crippen molar-refractivity contribution in [1.82, 2.24) is 0 Å². The zero-order chi connectivity index (χ0) is 7.41. The molecule has 0 atom stereocenters. The Bertz CT molecular complexity index is 138. The molecule has 58 valence electrons. The van der Waals surface area contributed by atoms with Crippen LogP contribution in [0.15, 0.2) is 0 Å². The summed E-state index contributed by atoms with van der Waals surface area (Å²) in [6.45, 7) is 6.44. The summed E-state index contributed by atoms with van der Waals surface area (Å²) < 4.78 is 5.93. The van der Waals surface area contributed by atoms with E-state index in [-0.39, 0.29) is 5.60 Å². The Balaban J connectivity index is 1.90. The predicted octanol–water partition coefficient (Wildman–Crippen LogP) is 2.35. The maximum Gasteiger partial charge on any atom is 0.0697 e. The van der Waals surface area contributed by atoms with Crippen molar-refractivity contribution in [2.75, 3.05) is 0 Å². The van der Waals surface area contributed by atoms with Crippen molar-refractivity contribution in [3.8, 4) is 0 Å². The standard InChI is InChI=1S/C9H16O/c1-8(2,3)10-9-4-7(5-9)6-9/h7H,4-6H2,1-3H3. The molecule has 0 aromatic heterocycles. The van der Waals surface area contributed by atoms with Crippen LogP contribution >= 0.6 is 0 Å². The smallest absolute Gasteiger partial charge is 0.0697 e. The second-order valence-corrected chi connectivity index (χ2v) is 4.88. The molecule has 3 rings (SSSR count). The van der Waals surface area contributed by atoms with Gasteiger partial charge >= 0.3 is 0 Å². The summed E-state index contributed by atoms with van der Waals surface area (Å²) in [7, 11) is 0. The Morgan fingerprint density at radius 1 is 1.20 bits per heavy atom. The van der Waals surface area contributed by atoms with Crippen LogP contribution < -0.4 is 0 Å². The van der Waals surface area contributed by atoms with E-state index < -0.39 is 0 Å². The lowest BCUT2D eigenvalue weighted by molar-refractivity contribution is -0.269. The monoisotopic (exact) mass is 140 g/mol. The SMILES string of the molecule is CC(C)(C)OC12CC(C1)C2. The van der Waals surface area contributed by atoms with E-state index in [1.54, 1.807) is 0 Å². The van der Waals surface area contributed by atoms with Gasteiger partial charge in [-0.25, -0.2) is 0 Å². The molecule has 1 heteroatoms. The number of rotatable bonds is 1. The Morgan fingerprint density at radius 3 is 1.80 bits per heavy atom. The molecule has 3 fully saturated rings. The van der Waals surface area contributed by atoms with Crippen LogP contribution in [0.3, 0.4) is 0 Å². The molecule has 0 radical (unpaired) electrons. The minimum Gasteiger partial charge on any atom is -0.369 e. The Labute approximate surface area is 62.8 Å². The highest BCUT2D eigenvalue weighted by Crippen LogP contribution is 2.60. The van der Waals surface area contributed by atoms with Crippen LogP contribution in [0.1, 0.15) is 40.0 Å². The zero-order valence-corrected chi connectivity index (χ0v) is 7.11. The molecule has 0 aromatic rings. The third-order valence-electron chi connectivity index (χ3n) is 2.50. The molecule has 10 heavy (non-hydrogen) atoms. The molecule has 0 aliphatic heterocycles. The molecule has 3 saturated carbocycles. The van der Waals surface area contributed by atoms with Gasteiger partial charge in [0.1, 0.15) is 0 Å². The van der Waals surface area contributed by atoms with Crippen LogP contribution in [-0.4, -0.2) is 11.2 Å². The van der Waals surface area contributed by atoms with Gasteiger partial charge in [0.25, 0.3) is 0 Å². The lowest BCUT2D eigenvalue weighted by atomic mass is 9.52.